The van der Waals surface area contributed by atoms with Crippen molar-refractivity contribution in [2.24, 2.45) is 10.9 Å². The molecule has 0 aliphatic carbocycles. The molecule has 1 aliphatic rings. The summed E-state index contributed by atoms with van der Waals surface area (Å²) >= 11 is 0. The number of rotatable bonds is 11. The second-order valence-corrected chi connectivity index (χ2v) is 13.7. The highest BCUT2D eigenvalue weighted by molar-refractivity contribution is 7.89. The molecule has 1 atom stereocenters. The van der Waals surface area contributed by atoms with Crippen LogP contribution in [0.1, 0.15) is 94.0 Å². The van der Waals surface area contributed by atoms with Crippen molar-refractivity contribution >= 4 is 27.9 Å². The zero-order valence-corrected chi connectivity index (χ0v) is 27.6. The van der Waals surface area contributed by atoms with Gasteiger partial charge >= 0.3 is 6.09 Å². The van der Waals surface area contributed by atoms with E-state index in [0.717, 1.165) is 5.56 Å². The SMILES string of the molecule is CCOC(=O)N1CCN(C(=O)C(Cc2cccc(/C(N)=N\O)c2)NS(=O)(=O)c2c(C(C)C)cc(C(C)C)cc2C(C)C)CC1. The summed E-state index contributed by atoms with van der Waals surface area (Å²) in [5.41, 5.74) is 9.34. The topological polar surface area (TPSA) is 155 Å². The van der Waals surface area contributed by atoms with Gasteiger partial charge in [0.1, 0.15) is 6.04 Å². The quantitative estimate of drug-likeness (QED) is 0.145. The Kier molecular flexibility index (Phi) is 11.8. The third kappa shape index (κ3) is 8.29. The van der Waals surface area contributed by atoms with Crippen LogP contribution in [-0.4, -0.2) is 80.1 Å². The monoisotopic (exact) mass is 629 g/mol. The van der Waals surface area contributed by atoms with Crippen molar-refractivity contribution in [3.63, 3.8) is 0 Å². The zero-order valence-electron chi connectivity index (χ0n) is 26.8. The molecule has 1 unspecified atom stereocenters. The molecule has 0 radical (unpaired) electrons. The highest BCUT2D eigenvalue weighted by atomic mass is 32.2. The Hall–Kier alpha value is -3.64. The van der Waals surface area contributed by atoms with Crippen LogP contribution in [0.15, 0.2) is 46.4 Å². The molecule has 0 bridgehead atoms. The molecule has 0 saturated carbocycles. The molecule has 2 amide bonds. The lowest BCUT2D eigenvalue weighted by Crippen LogP contribution is -2.56. The Morgan fingerprint density at radius 2 is 1.52 bits per heavy atom. The van der Waals surface area contributed by atoms with Crippen LogP contribution in [0.2, 0.25) is 0 Å². The van der Waals surface area contributed by atoms with Gasteiger partial charge in [0, 0.05) is 31.7 Å². The van der Waals surface area contributed by atoms with Gasteiger partial charge in [0.05, 0.1) is 11.5 Å². The van der Waals surface area contributed by atoms with E-state index in [1.807, 2.05) is 39.8 Å². The summed E-state index contributed by atoms with van der Waals surface area (Å²) in [6.07, 6.45) is -0.412. The number of nitrogens with zero attached hydrogens (tertiary/aromatic N) is 3. The predicted octanol–water partition coefficient (Wildman–Crippen LogP) is 4.34. The van der Waals surface area contributed by atoms with Gasteiger partial charge in [-0.05, 0) is 59.4 Å². The molecule has 0 spiro atoms. The van der Waals surface area contributed by atoms with Gasteiger partial charge in [-0.1, -0.05) is 77.0 Å². The van der Waals surface area contributed by atoms with Crippen molar-refractivity contribution in [3.8, 4) is 0 Å². The minimum atomic E-state index is -4.19. The Bertz CT molecular complexity index is 1430. The normalized spacial score (nSPS) is 15.3. The molecule has 1 fully saturated rings. The fraction of sp³-hybridized carbons (Fsp3) is 0.531. The minimum absolute atomic E-state index is 0.0286. The maximum Gasteiger partial charge on any atom is 0.409 e. The smallest absolute Gasteiger partial charge is 0.409 e. The van der Waals surface area contributed by atoms with Crippen LogP contribution in [0.3, 0.4) is 0 Å². The van der Waals surface area contributed by atoms with Crippen LogP contribution in [0.25, 0.3) is 0 Å². The second-order valence-electron chi connectivity index (χ2n) is 12.1. The third-order valence-corrected chi connectivity index (χ3v) is 9.43. The molecular weight excluding hydrogens is 582 g/mol. The molecule has 1 saturated heterocycles. The zero-order chi connectivity index (χ0) is 32.8. The number of oxime groups is 1. The number of ether oxygens (including phenoxy) is 1. The number of carbonyl (C=O) groups excluding carboxylic acids is 2. The Morgan fingerprint density at radius 1 is 0.955 bits per heavy atom. The first-order valence-corrected chi connectivity index (χ1v) is 16.7. The Balaban J connectivity index is 2.05. The average molecular weight is 630 g/mol. The lowest BCUT2D eigenvalue weighted by molar-refractivity contribution is -0.134. The van der Waals surface area contributed by atoms with Gasteiger partial charge in [-0.25, -0.2) is 13.2 Å². The van der Waals surface area contributed by atoms with Gasteiger partial charge in [0.15, 0.2) is 5.84 Å². The van der Waals surface area contributed by atoms with E-state index >= 15 is 0 Å². The van der Waals surface area contributed by atoms with Crippen molar-refractivity contribution in [2.45, 2.75) is 83.6 Å². The van der Waals surface area contributed by atoms with Crippen LogP contribution in [-0.2, 0) is 26.0 Å². The summed E-state index contributed by atoms with van der Waals surface area (Å²) in [6.45, 7) is 15.0. The summed E-state index contributed by atoms with van der Waals surface area (Å²) < 4.78 is 36.6. The molecule has 242 valence electrons. The lowest BCUT2D eigenvalue weighted by atomic mass is 9.89. The van der Waals surface area contributed by atoms with Crippen molar-refractivity contribution in [2.75, 3.05) is 32.8 Å². The highest BCUT2D eigenvalue weighted by Crippen LogP contribution is 2.35. The first-order valence-electron chi connectivity index (χ1n) is 15.2. The van der Waals surface area contributed by atoms with E-state index in [1.165, 1.54) is 4.90 Å². The van der Waals surface area contributed by atoms with Gasteiger partial charge < -0.3 is 25.5 Å². The molecule has 1 aliphatic heterocycles. The van der Waals surface area contributed by atoms with E-state index in [4.69, 9.17) is 15.7 Å². The first-order chi connectivity index (χ1) is 20.7. The Morgan fingerprint density at radius 3 is 2.02 bits per heavy atom. The van der Waals surface area contributed by atoms with E-state index in [0.29, 0.717) is 22.3 Å². The molecule has 2 aromatic carbocycles. The number of hydrogen-bond acceptors (Lipinski definition) is 7. The largest absolute Gasteiger partial charge is 0.450 e. The summed E-state index contributed by atoms with van der Waals surface area (Å²) in [6, 6.07) is 9.56. The van der Waals surface area contributed by atoms with Crippen molar-refractivity contribution in [1.29, 1.82) is 0 Å². The predicted molar refractivity (Wildman–Crippen MR) is 171 cm³/mol. The number of carbonyl (C=O) groups is 2. The third-order valence-electron chi connectivity index (χ3n) is 7.83. The number of amidine groups is 1. The van der Waals surface area contributed by atoms with Gasteiger partial charge in [-0.2, -0.15) is 4.72 Å². The molecule has 0 aromatic heterocycles. The molecule has 12 heteroatoms. The molecule has 11 nitrogen and oxygen atoms in total. The number of benzene rings is 2. The average Bonchev–Trinajstić information content (AvgIpc) is 2.99. The van der Waals surface area contributed by atoms with Crippen molar-refractivity contribution in [3.05, 3.63) is 64.2 Å². The molecule has 2 aromatic rings. The van der Waals surface area contributed by atoms with Gasteiger partial charge in [0.25, 0.3) is 0 Å². The Labute approximate surface area is 261 Å². The van der Waals surface area contributed by atoms with Crippen molar-refractivity contribution < 1.29 is 28.0 Å². The summed E-state index contributed by atoms with van der Waals surface area (Å²) in [5.74, 6) is -0.457. The molecule has 4 N–H and O–H groups in total. The fourth-order valence-electron chi connectivity index (χ4n) is 5.32. The van der Waals surface area contributed by atoms with Crippen LogP contribution in [0.5, 0.6) is 0 Å². The van der Waals surface area contributed by atoms with E-state index in [1.54, 1.807) is 36.1 Å². The van der Waals surface area contributed by atoms with Crippen LogP contribution < -0.4 is 10.5 Å². The van der Waals surface area contributed by atoms with Crippen LogP contribution in [0, 0.1) is 0 Å². The molecule has 1 heterocycles. The standard InChI is InChI=1S/C32H47N5O6S/c1-8-43-32(39)37-14-12-36(13-15-37)31(38)28(17-23-10-9-11-24(16-23)30(33)34-40)35-44(41,42)29-26(21(4)5)18-25(20(2)3)19-27(29)22(6)7/h9-11,16,18-22,28,35,40H,8,12-15,17H2,1-7H3,(H2,33,34). The second kappa shape index (κ2) is 14.9. The maximum atomic E-state index is 14.4. The van der Waals surface area contributed by atoms with Crippen molar-refractivity contribution in [1.82, 2.24) is 14.5 Å². The number of nitrogens with one attached hydrogen (secondary N) is 1. The molecule has 3 rings (SSSR count). The minimum Gasteiger partial charge on any atom is -0.450 e. The van der Waals surface area contributed by atoms with Gasteiger partial charge in [-0.15, -0.1) is 0 Å². The van der Waals surface area contributed by atoms with Gasteiger partial charge in [0.2, 0.25) is 15.9 Å². The fourth-order valence-corrected chi connectivity index (χ4v) is 7.21. The van der Waals surface area contributed by atoms with Crippen LogP contribution >= 0.6 is 0 Å². The molecule has 44 heavy (non-hydrogen) atoms. The summed E-state index contributed by atoms with van der Waals surface area (Å²) in [5, 5.41) is 12.2. The number of hydrogen-bond donors (Lipinski definition) is 3. The number of sulfonamides is 1. The highest BCUT2D eigenvalue weighted by Gasteiger charge is 2.35. The van der Waals surface area contributed by atoms with Gasteiger partial charge in [-0.3, -0.25) is 4.79 Å². The first kappa shape index (κ1) is 34.8. The van der Waals surface area contributed by atoms with E-state index in [-0.39, 0.29) is 67.7 Å². The molecular formula is C32H47N5O6S. The number of nitrogens with two attached hydrogens (primary N) is 1. The summed E-state index contributed by atoms with van der Waals surface area (Å²) in [7, 11) is -4.19. The summed E-state index contributed by atoms with van der Waals surface area (Å²) in [4.78, 5) is 29.6. The van der Waals surface area contributed by atoms with E-state index < -0.39 is 28.1 Å². The number of amides is 2. The van der Waals surface area contributed by atoms with Crippen LogP contribution in [0.4, 0.5) is 4.79 Å². The lowest BCUT2D eigenvalue weighted by Gasteiger charge is -2.36. The van der Waals surface area contributed by atoms with E-state index in [2.05, 4.69) is 23.7 Å². The maximum absolute atomic E-state index is 14.4. The number of piperazine rings is 1. The van der Waals surface area contributed by atoms with E-state index in [9.17, 15) is 18.0 Å².